The van der Waals surface area contributed by atoms with Gasteiger partial charge < -0.3 is 18.9 Å². The lowest BCUT2D eigenvalue weighted by Crippen LogP contribution is -2.28. The molecule has 160 valence electrons. The van der Waals surface area contributed by atoms with Gasteiger partial charge in [0.2, 0.25) is 0 Å². The number of carbonyl (C=O) groups excluding carboxylic acids is 2. The zero-order valence-electron chi connectivity index (χ0n) is 17.8. The Hall–Kier alpha value is -1.89. The van der Waals surface area contributed by atoms with E-state index in [1.165, 1.54) is 0 Å². The molecule has 0 aromatic rings. The van der Waals surface area contributed by atoms with Crippen LogP contribution < -0.4 is 0 Å². The molecule has 0 saturated heterocycles. The first-order valence-electron chi connectivity index (χ1n) is 10.3. The van der Waals surface area contributed by atoms with Crippen LogP contribution in [0, 0.1) is 0 Å². The summed E-state index contributed by atoms with van der Waals surface area (Å²) in [6.07, 6.45) is 4.45. The lowest BCUT2D eigenvalue weighted by molar-refractivity contribution is -0.145. The summed E-state index contributed by atoms with van der Waals surface area (Å²) in [6.45, 7) is 9.31. The van der Waals surface area contributed by atoms with Crippen molar-refractivity contribution in [3.63, 3.8) is 0 Å². The van der Waals surface area contributed by atoms with Gasteiger partial charge in [-0.3, -0.25) is 14.6 Å². The highest BCUT2D eigenvalue weighted by atomic mass is 16.5. The van der Waals surface area contributed by atoms with Crippen molar-refractivity contribution >= 4 is 17.7 Å². The Morgan fingerprint density at radius 1 is 0.929 bits per heavy atom. The summed E-state index contributed by atoms with van der Waals surface area (Å²) in [4.78, 5) is 27.8. The smallest absolute Gasteiger partial charge is 0.309 e. The van der Waals surface area contributed by atoms with E-state index in [-0.39, 0.29) is 44.1 Å². The van der Waals surface area contributed by atoms with Gasteiger partial charge in [0.1, 0.15) is 11.9 Å². The van der Waals surface area contributed by atoms with Gasteiger partial charge in [0, 0.05) is 12.1 Å². The average molecular weight is 398 g/mol. The largest absolute Gasteiger partial charge is 0.495 e. The molecule has 0 bridgehead atoms. The molecule has 0 amide bonds. The minimum absolute atomic E-state index is 0.207. The molecule has 1 aliphatic rings. The van der Waals surface area contributed by atoms with E-state index in [2.05, 4.69) is 4.99 Å². The summed E-state index contributed by atoms with van der Waals surface area (Å²) in [6, 6.07) is 0. The van der Waals surface area contributed by atoms with Crippen LogP contribution in [0.4, 0.5) is 0 Å². The van der Waals surface area contributed by atoms with Gasteiger partial charge in [-0.05, 0) is 26.7 Å². The molecule has 1 atom stereocenters. The zero-order chi connectivity index (χ0) is 20.8. The minimum Gasteiger partial charge on any atom is -0.495 e. The normalized spacial score (nSPS) is 16.6. The van der Waals surface area contributed by atoms with E-state index in [0.29, 0.717) is 25.4 Å². The van der Waals surface area contributed by atoms with Crippen LogP contribution in [-0.4, -0.2) is 50.2 Å². The zero-order valence-corrected chi connectivity index (χ0v) is 17.8. The summed E-state index contributed by atoms with van der Waals surface area (Å²) in [5.41, 5.74) is 1.64. The van der Waals surface area contributed by atoms with Gasteiger partial charge in [-0.2, -0.15) is 0 Å². The molecule has 0 aromatic carbocycles. The van der Waals surface area contributed by atoms with E-state index in [1.54, 1.807) is 0 Å². The number of aliphatic imine (C=N–C) groups is 1. The fraction of sp³-hybridized carbons (Fsp3) is 0.762. The molecule has 7 nitrogen and oxygen atoms in total. The monoisotopic (exact) mass is 397 g/mol. The third-order valence-corrected chi connectivity index (χ3v) is 4.31. The van der Waals surface area contributed by atoms with Crippen LogP contribution in [-0.2, 0) is 28.5 Å². The molecule has 0 saturated carbocycles. The summed E-state index contributed by atoms with van der Waals surface area (Å²) in [5.74, 6) is 0.211. The molecule has 0 fully saturated rings. The van der Waals surface area contributed by atoms with Crippen molar-refractivity contribution in [3.05, 3.63) is 11.5 Å². The Labute approximate surface area is 168 Å². The Bertz CT molecular complexity index is 555. The van der Waals surface area contributed by atoms with Gasteiger partial charge in [-0.1, -0.05) is 26.7 Å². The van der Waals surface area contributed by atoms with Gasteiger partial charge in [-0.25, -0.2) is 0 Å². The summed E-state index contributed by atoms with van der Waals surface area (Å²) in [5, 5.41) is 0. The molecule has 0 spiro atoms. The predicted octanol–water partition coefficient (Wildman–Crippen LogP) is 3.95. The van der Waals surface area contributed by atoms with Crippen LogP contribution in [0.15, 0.2) is 16.4 Å². The lowest BCUT2D eigenvalue weighted by atomic mass is 10.1. The molecule has 0 N–H and O–H groups in total. The van der Waals surface area contributed by atoms with Crippen molar-refractivity contribution in [2.24, 2.45) is 4.99 Å². The second-order valence-electron chi connectivity index (χ2n) is 6.82. The first-order chi connectivity index (χ1) is 13.5. The van der Waals surface area contributed by atoms with Crippen molar-refractivity contribution in [1.29, 1.82) is 0 Å². The van der Waals surface area contributed by atoms with Gasteiger partial charge in [0.05, 0.1) is 45.0 Å². The number of unbranched alkanes of at least 4 members (excludes halogenated alkanes) is 2. The molecule has 1 unspecified atom stereocenters. The molecule has 0 aliphatic carbocycles. The van der Waals surface area contributed by atoms with Gasteiger partial charge in [0.15, 0.2) is 0 Å². The second kappa shape index (κ2) is 14.2. The van der Waals surface area contributed by atoms with Crippen LogP contribution >= 0.6 is 0 Å². The topological polar surface area (TPSA) is 83.4 Å². The molecule has 7 heteroatoms. The average Bonchev–Trinajstić information content (AvgIpc) is 2.65. The lowest BCUT2D eigenvalue weighted by Gasteiger charge is -2.24. The summed E-state index contributed by atoms with van der Waals surface area (Å²) >= 11 is 0. The summed E-state index contributed by atoms with van der Waals surface area (Å²) in [7, 11) is 0. The summed E-state index contributed by atoms with van der Waals surface area (Å²) < 4.78 is 21.8. The first kappa shape index (κ1) is 24.1. The van der Waals surface area contributed by atoms with Crippen molar-refractivity contribution in [2.45, 2.75) is 78.7 Å². The maximum Gasteiger partial charge on any atom is 0.309 e. The first-order valence-corrected chi connectivity index (χ1v) is 10.3. The quantitative estimate of drug-likeness (QED) is 0.326. The van der Waals surface area contributed by atoms with E-state index in [1.807, 2.05) is 27.7 Å². The van der Waals surface area contributed by atoms with E-state index < -0.39 is 0 Å². The maximum atomic E-state index is 11.6. The van der Waals surface area contributed by atoms with Crippen molar-refractivity contribution in [2.75, 3.05) is 26.4 Å². The number of ether oxygens (including phenoxy) is 4. The highest BCUT2D eigenvalue weighted by Gasteiger charge is 2.23. The van der Waals surface area contributed by atoms with Gasteiger partial charge >= 0.3 is 11.9 Å². The molecule has 0 aromatic heterocycles. The third kappa shape index (κ3) is 9.88. The fourth-order valence-electron chi connectivity index (χ4n) is 2.55. The van der Waals surface area contributed by atoms with Crippen molar-refractivity contribution < 1.29 is 28.5 Å². The molecular formula is C21H35NO6. The van der Waals surface area contributed by atoms with Crippen molar-refractivity contribution in [1.82, 2.24) is 0 Å². The Kier molecular flexibility index (Phi) is 12.2. The van der Waals surface area contributed by atoms with Crippen LogP contribution in [0.25, 0.3) is 0 Å². The van der Waals surface area contributed by atoms with Crippen LogP contribution in [0.3, 0.4) is 0 Å². The fourth-order valence-corrected chi connectivity index (χ4v) is 2.55. The molecule has 28 heavy (non-hydrogen) atoms. The van der Waals surface area contributed by atoms with Gasteiger partial charge in [-0.15, -0.1) is 0 Å². The minimum atomic E-state index is -0.253. The van der Waals surface area contributed by atoms with Gasteiger partial charge in [0.25, 0.3) is 0 Å². The molecule has 1 rings (SSSR count). The highest BCUT2D eigenvalue weighted by molar-refractivity contribution is 5.88. The Morgan fingerprint density at radius 3 is 2.07 bits per heavy atom. The number of hydrogen-bond donors (Lipinski definition) is 0. The van der Waals surface area contributed by atoms with Crippen LogP contribution in [0.5, 0.6) is 0 Å². The standard InChI is InChI=1S/C21H35NO6/c1-5-7-11-27-20(23)9-13-25-18-15-19(17(4)22-16(18)3)26-14-10-21(24)28-12-8-6-2/h18H,5-15H2,1-4H3. The molecule has 0 radical (unpaired) electrons. The Balaban J connectivity index is 2.34. The van der Waals surface area contributed by atoms with E-state index >= 15 is 0 Å². The number of nitrogens with zero attached hydrogens (tertiary/aromatic N) is 1. The third-order valence-electron chi connectivity index (χ3n) is 4.31. The SMILES string of the molecule is CCCCOC(=O)CCOC1=C(C)N=C(C)C(OCCC(=O)OCCCC)C1. The predicted molar refractivity (Wildman–Crippen MR) is 107 cm³/mol. The second-order valence-corrected chi connectivity index (χ2v) is 6.82. The molecular weight excluding hydrogens is 362 g/mol. The van der Waals surface area contributed by atoms with E-state index in [4.69, 9.17) is 18.9 Å². The number of rotatable bonds is 14. The number of carbonyl (C=O) groups is 2. The maximum absolute atomic E-state index is 11.6. The Morgan fingerprint density at radius 2 is 1.50 bits per heavy atom. The number of allylic oxidation sites excluding steroid dienone is 1. The van der Waals surface area contributed by atoms with E-state index in [9.17, 15) is 9.59 Å². The van der Waals surface area contributed by atoms with Crippen LogP contribution in [0.1, 0.15) is 72.6 Å². The van der Waals surface area contributed by atoms with Crippen LogP contribution in [0.2, 0.25) is 0 Å². The van der Waals surface area contributed by atoms with E-state index in [0.717, 1.165) is 37.1 Å². The molecule has 1 heterocycles. The van der Waals surface area contributed by atoms with Crippen molar-refractivity contribution in [3.8, 4) is 0 Å². The molecule has 1 aliphatic heterocycles. The highest BCUT2D eigenvalue weighted by Crippen LogP contribution is 2.23. The number of esters is 2. The number of hydrogen-bond acceptors (Lipinski definition) is 7.